The fourth-order valence-corrected chi connectivity index (χ4v) is 5.22. The molecule has 1 heterocycles. The van der Waals surface area contributed by atoms with E-state index in [1.165, 1.54) is 28.6 Å². The summed E-state index contributed by atoms with van der Waals surface area (Å²) in [4.78, 5) is 15.1. The van der Waals surface area contributed by atoms with Gasteiger partial charge in [0.05, 0.1) is 4.90 Å². The lowest BCUT2D eigenvalue weighted by Gasteiger charge is -2.34. The average Bonchev–Trinajstić information content (AvgIpc) is 2.81. The molecule has 0 unspecified atom stereocenters. The average molecular weight is 468 g/mol. The Kier molecular flexibility index (Phi) is 6.88. The van der Waals surface area contributed by atoms with Crippen LogP contribution in [0.3, 0.4) is 0 Å². The van der Waals surface area contributed by atoms with Crippen molar-refractivity contribution in [2.75, 3.05) is 31.5 Å². The molecule has 33 heavy (non-hydrogen) atoms. The number of rotatable bonds is 6. The first kappa shape index (κ1) is 23.1. The zero-order valence-corrected chi connectivity index (χ0v) is 19.2. The second-order valence-electron chi connectivity index (χ2n) is 8.15. The molecule has 3 aromatic carbocycles. The molecule has 1 aliphatic rings. The number of carbonyl (C=O) groups excluding carboxylic acids is 1. The van der Waals surface area contributed by atoms with E-state index in [0.717, 1.165) is 11.1 Å². The molecule has 1 N–H and O–H groups in total. The van der Waals surface area contributed by atoms with Gasteiger partial charge >= 0.3 is 0 Å². The van der Waals surface area contributed by atoms with E-state index < -0.39 is 10.0 Å². The molecule has 0 atom stereocenters. The second-order valence-corrected chi connectivity index (χ2v) is 10.1. The molecule has 8 heteroatoms. The van der Waals surface area contributed by atoms with Crippen LogP contribution in [0, 0.1) is 12.7 Å². The van der Waals surface area contributed by atoms with Crippen LogP contribution in [0.5, 0.6) is 0 Å². The molecular weight excluding hydrogens is 441 g/mol. The number of piperazine rings is 1. The van der Waals surface area contributed by atoms with Crippen LogP contribution >= 0.6 is 0 Å². The van der Waals surface area contributed by atoms with Gasteiger partial charge < -0.3 is 5.32 Å². The number of aryl methyl sites for hydroxylation is 1. The van der Waals surface area contributed by atoms with Crippen molar-refractivity contribution in [1.82, 2.24) is 9.21 Å². The molecule has 0 saturated carbocycles. The van der Waals surface area contributed by atoms with Gasteiger partial charge in [0.15, 0.2) is 0 Å². The Hall–Kier alpha value is -3.07. The molecule has 0 spiro atoms. The van der Waals surface area contributed by atoms with E-state index in [1.807, 2.05) is 37.3 Å². The zero-order valence-electron chi connectivity index (χ0n) is 18.4. The first-order chi connectivity index (χ1) is 15.8. The smallest absolute Gasteiger partial charge is 0.255 e. The third-order valence-corrected chi connectivity index (χ3v) is 7.60. The summed E-state index contributed by atoms with van der Waals surface area (Å²) in [6.07, 6.45) is 0. The van der Waals surface area contributed by atoms with Gasteiger partial charge in [-0.1, -0.05) is 29.8 Å². The standard InChI is InChI=1S/C25H26FN3O3S/c1-19-5-11-24(12-6-19)33(31,32)29-15-13-28(14-16-29)18-20-3-2-4-21(17-20)25(30)27-23-9-7-22(26)8-10-23/h2-12,17H,13-16,18H2,1H3,(H,27,30). The predicted octanol–water partition coefficient (Wildman–Crippen LogP) is 3.89. The number of benzene rings is 3. The van der Waals surface area contributed by atoms with Gasteiger partial charge in [-0.05, 0) is 61.0 Å². The van der Waals surface area contributed by atoms with Gasteiger partial charge in [0, 0.05) is 44.0 Å². The Morgan fingerprint density at radius 1 is 0.939 bits per heavy atom. The highest BCUT2D eigenvalue weighted by molar-refractivity contribution is 7.89. The van der Waals surface area contributed by atoms with Crippen molar-refractivity contribution in [2.45, 2.75) is 18.4 Å². The Morgan fingerprint density at radius 3 is 2.27 bits per heavy atom. The Bertz CT molecular complexity index is 1220. The number of nitrogens with one attached hydrogen (secondary N) is 1. The van der Waals surface area contributed by atoms with E-state index in [2.05, 4.69) is 10.2 Å². The van der Waals surface area contributed by atoms with E-state index in [4.69, 9.17) is 0 Å². The summed E-state index contributed by atoms with van der Waals surface area (Å²) in [6, 6.07) is 19.9. The van der Waals surface area contributed by atoms with Crippen LogP contribution in [0.25, 0.3) is 0 Å². The van der Waals surface area contributed by atoms with E-state index in [-0.39, 0.29) is 11.7 Å². The van der Waals surface area contributed by atoms with Crippen molar-refractivity contribution in [1.29, 1.82) is 0 Å². The number of amides is 1. The zero-order chi connectivity index (χ0) is 23.4. The number of anilines is 1. The van der Waals surface area contributed by atoms with E-state index in [0.29, 0.717) is 48.9 Å². The first-order valence-electron chi connectivity index (χ1n) is 10.8. The van der Waals surface area contributed by atoms with E-state index in [9.17, 15) is 17.6 Å². The number of hydrogen-bond acceptors (Lipinski definition) is 4. The summed E-state index contributed by atoms with van der Waals surface area (Å²) < 4.78 is 40.4. The Morgan fingerprint density at radius 2 is 1.61 bits per heavy atom. The fraction of sp³-hybridized carbons (Fsp3) is 0.240. The summed E-state index contributed by atoms with van der Waals surface area (Å²) in [7, 11) is -3.50. The van der Waals surface area contributed by atoms with Crippen molar-refractivity contribution < 1.29 is 17.6 Å². The van der Waals surface area contributed by atoms with Crippen molar-refractivity contribution in [3.63, 3.8) is 0 Å². The van der Waals surface area contributed by atoms with Crippen molar-refractivity contribution in [3.8, 4) is 0 Å². The lowest BCUT2D eigenvalue weighted by molar-refractivity contribution is 0.102. The van der Waals surface area contributed by atoms with E-state index >= 15 is 0 Å². The molecule has 1 fully saturated rings. The monoisotopic (exact) mass is 467 g/mol. The molecule has 0 radical (unpaired) electrons. The van der Waals surface area contributed by atoms with Gasteiger partial charge in [-0.3, -0.25) is 9.69 Å². The Balaban J connectivity index is 1.35. The fourth-order valence-electron chi connectivity index (χ4n) is 3.79. The van der Waals surface area contributed by atoms with Crippen LogP contribution in [0.1, 0.15) is 21.5 Å². The molecule has 0 bridgehead atoms. The molecule has 3 aromatic rings. The summed E-state index contributed by atoms with van der Waals surface area (Å²) in [5, 5.41) is 2.77. The van der Waals surface area contributed by atoms with Crippen molar-refractivity contribution >= 4 is 21.6 Å². The third kappa shape index (κ3) is 5.65. The molecule has 0 aromatic heterocycles. The number of carbonyl (C=O) groups is 1. The summed E-state index contributed by atoms with van der Waals surface area (Å²) in [5.41, 5.74) is 3.03. The quantitative estimate of drug-likeness (QED) is 0.597. The van der Waals surface area contributed by atoms with Gasteiger partial charge in [0.2, 0.25) is 10.0 Å². The van der Waals surface area contributed by atoms with Crippen LogP contribution in [0.2, 0.25) is 0 Å². The molecule has 1 saturated heterocycles. The highest BCUT2D eigenvalue weighted by Crippen LogP contribution is 2.19. The summed E-state index contributed by atoms with van der Waals surface area (Å²) in [5.74, 6) is -0.626. The SMILES string of the molecule is Cc1ccc(S(=O)(=O)N2CCN(Cc3cccc(C(=O)Nc4ccc(F)cc4)c3)CC2)cc1. The molecule has 1 amide bonds. The maximum absolute atomic E-state index is 13.1. The highest BCUT2D eigenvalue weighted by atomic mass is 32.2. The minimum Gasteiger partial charge on any atom is -0.322 e. The number of halogens is 1. The summed E-state index contributed by atoms with van der Waals surface area (Å²) >= 11 is 0. The summed E-state index contributed by atoms with van der Waals surface area (Å²) in [6.45, 7) is 4.60. The maximum Gasteiger partial charge on any atom is 0.255 e. The van der Waals surface area contributed by atoms with Crippen molar-refractivity contribution in [2.24, 2.45) is 0 Å². The molecule has 6 nitrogen and oxygen atoms in total. The molecular formula is C25H26FN3O3S. The third-order valence-electron chi connectivity index (χ3n) is 5.69. The lowest BCUT2D eigenvalue weighted by atomic mass is 10.1. The van der Waals surface area contributed by atoms with Crippen LogP contribution < -0.4 is 5.32 Å². The number of sulfonamides is 1. The molecule has 4 rings (SSSR count). The van der Waals surface area contributed by atoms with Crippen LogP contribution in [0.4, 0.5) is 10.1 Å². The van der Waals surface area contributed by atoms with E-state index in [1.54, 1.807) is 18.2 Å². The minimum atomic E-state index is -3.50. The molecule has 172 valence electrons. The number of hydrogen-bond donors (Lipinski definition) is 1. The van der Waals surface area contributed by atoms with Crippen LogP contribution in [-0.4, -0.2) is 49.7 Å². The van der Waals surface area contributed by atoms with Gasteiger partial charge in [-0.25, -0.2) is 12.8 Å². The Labute approximate surface area is 193 Å². The highest BCUT2D eigenvalue weighted by Gasteiger charge is 2.28. The van der Waals surface area contributed by atoms with Gasteiger partial charge in [0.1, 0.15) is 5.82 Å². The van der Waals surface area contributed by atoms with Gasteiger partial charge in [-0.15, -0.1) is 0 Å². The topological polar surface area (TPSA) is 69.7 Å². The molecule has 1 aliphatic heterocycles. The largest absolute Gasteiger partial charge is 0.322 e. The van der Waals surface area contributed by atoms with Crippen molar-refractivity contribution in [3.05, 3.63) is 95.3 Å². The van der Waals surface area contributed by atoms with Crippen LogP contribution in [-0.2, 0) is 16.6 Å². The molecule has 0 aliphatic carbocycles. The number of nitrogens with zero attached hydrogens (tertiary/aromatic N) is 2. The van der Waals surface area contributed by atoms with Crippen LogP contribution in [0.15, 0.2) is 77.7 Å². The normalized spacial score (nSPS) is 15.3. The second kappa shape index (κ2) is 9.82. The predicted molar refractivity (Wildman–Crippen MR) is 126 cm³/mol. The first-order valence-corrected chi connectivity index (χ1v) is 12.2. The minimum absolute atomic E-state index is 0.266. The van der Waals surface area contributed by atoms with Gasteiger partial charge in [-0.2, -0.15) is 4.31 Å². The van der Waals surface area contributed by atoms with Gasteiger partial charge in [0.25, 0.3) is 5.91 Å². The maximum atomic E-state index is 13.1. The lowest BCUT2D eigenvalue weighted by Crippen LogP contribution is -2.48.